The second-order valence-electron chi connectivity index (χ2n) is 0.408. The van der Waals surface area contributed by atoms with Crippen LogP contribution in [0.25, 0.3) is 0 Å². The molecule has 0 rings (SSSR count). The smallest absolute Gasteiger partial charge is 0.0351 e. The number of methoxy groups -OCH3 is 1. The van der Waals surface area contributed by atoms with Crippen LogP contribution in [0.3, 0.4) is 0 Å². The summed E-state index contributed by atoms with van der Waals surface area (Å²) in [5.74, 6) is 0. The minimum Gasteiger partial charge on any atom is -0.388 e. The topological polar surface area (TPSA) is 9.23 Å². The van der Waals surface area contributed by atoms with Crippen LogP contribution in [0, 0.1) is 0 Å². The SMILES string of the molecule is COC.[K]. The van der Waals surface area contributed by atoms with Crippen molar-refractivity contribution in [3.05, 3.63) is 0 Å². The number of hydrogen-bond donors (Lipinski definition) is 0. The zero-order valence-corrected chi connectivity index (χ0v) is 6.53. The summed E-state index contributed by atoms with van der Waals surface area (Å²) in [6.07, 6.45) is 0. The molecule has 2 heteroatoms. The first-order chi connectivity index (χ1) is 1.41. The van der Waals surface area contributed by atoms with E-state index in [-0.39, 0.29) is 51.4 Å². The zero-order chi connectivity index (χ0) is 2.71. The molecule has 0 unspecified atom stereocenters. The van der Waals surface area contributed by atoms with Crippen molar-refractivity contribution in [2.75, 3.05) is 14.2 Å². The molecule has 0 bridgehead atoms. The first-order valence-corrected chi connectivity index (χ1v) is 0.816. The van der Waals surface area contributed by atoms with Crippen LogP contribution in [0.5, 0.6) is 0 Å². The molecule has 0 spiro atoms. The minimum absolute atomic E-state index is 0. The summed E-state index contributed by atoms with van der Waals surface area (Å²) in [6, 6.07) is 0. The first kappa shape index (κ1) is 9.14. The van der Waals surface area contributed by atoms with Gasteiger partial charge in [-0.15, -0.1) is 0 Å². The summed E-state index contributed by atoms with van der Waals surface area (Å²) in [6.45, 7) is 0. The maximum atomic E-state index is 4.25. The van der Waals surface area contributed by atoms with Gasteiger partial charge in [0.15, 0.2) is 0 Å². The molecule has 0 N–H and O–H groups in total. The maximum absolute atomic E-state index is 4.25. The third-order valence-electron chi connectivity index (χ3n) is 0. The molecule has 0 aromatic heterocycles. The van der Waals surface area contributed by atoms with Crippen molar-refractivity contribution in [1.82, 2.24) is 0 Å². The van der Waals surface area contributed by atoms with E-state index in [1.807, 2.05) is 0 Å². The Morgan fingerprint density at radius 2 is 1.25 bits per heavy atom. The van der Waals surface area contributed by atoms with Crippen LogP contribution in [0.1, 0.15) is 0 Å². The molecule has 1 nitrogen and oxygen atoms in total. The maximum Gasteiger partial charge on any atom is 0.0351 e. The molecular weight excluding hydrogens is 79.1 g/mol. The molecule has 1 radical (unpaired) electrons. The Balaban J connectivity index is 0. The van der Waals surface area contributed by atoms with Gasteiger partial charge in [0.25, 0.3) is 0 Å². The quantitative estimate of drug-likeness (QED) is 0.373. The fourth-order valence-electron chi connectivity index (χ4n) is 0. The fourth-order valence-corrected chi connectivity index (χ4v) is 0. The summed E-state index contributed by atoms with van der Waals surface area (Å²) >= 11 is 0. The third-order valence-corrected chi connectivity index (χ3v) is 0. The van der Waals surface area contributed by atoms with E-state index in [0.29, 0.717) is 0 Å². The van der Waals surface area contributed by atoms with Crippen LogP contribution in [-0.4, -0.2) is 65.6 Å². The van der Waals surface area contributed by atoms with Gasteiger partial charge in [-0.1, -0.05) is 0 Å². The van der Waals surface area contributed by atoms with E-state index < -0.39 is 0 Å². The van der Waals surface area contributed by atoms with E-state index in [2.05, 4.69) is 4.74 Å². The van der Waals surface area contributed by atoms with Crippen molar-refractivity contribution >= 4 is 51.4 Å². The zero-order valence-electron chi connectivity index (χ0n) is 3.41. The van der Waals surface area contributed by atoms with Crippen LogP contribution in [-0.2, 0) is 4.74 Å². The van der Waals surface area contributed by atoms with E-state index >= 15 is 0 Å². The van der Waals surface area contributed by atoms with E-state index in [1.54, 1.807) is 14.2 Å². The summed E-state index contributed by atoms with van der Waals surface area (Å²) in [7, 11) is 3.25. The van der Waals surface area contributed by atoms with Crippen LogP contribution in [0.2, 0.25) is 0 Å². The first-order valence-electron chi connectivity index (χ1n) is 0.816. The molecule has 21 valence electrons. The molecule has 0 aliphatic carbocycles. The summed E-state index contributed by atoms with van der Waals surface area (Å²) in [5, 5.41) is 0. The molecule has 0 aromatic rings. The summed E-state index contributed by atoms with van der Waals surface area (Å²) in [5.41, 5.74) is 0. The molecule has 0 saturated heterocycles. The molecule has 4 heavy (non-hydrogen) atoms. The van der Waals surface area contributed by atoms with Crippen LogP contribution in [0.15, 0.2) is 0 Å². The van der Waals surface area contributed by atoms with Gasteiger partial charge in [0, 0.05) is 65.6 Å². The molecule has 0 amide bonds. The normalized spacial score (nSPS) is 4.50. The Bertz CT molecular complexity index is 6.00. The van der Waals surface area contributed by atoms with Gasteiger partial charge in [-0.05, 0) is 0 Å². The summed E-state index contributed by atoms with van der Waals surface area (Å²) < 4.78 is 4.25. The average Bonchev–Trinajstić information content (AvgIpc) is 0.918. The second-order valence-corrected chi connectivity index (χ2v) is 0.408. The Hall–Kier alpha value is 1.60. The van der Waals surface area contributed by atoms with Crippen molar-refractivity contribution in [3.8, 4) is 0 Å². The largest absolute Gasteiger partial charge is 0.388 e. The van der Waals surface area contributed by atoms with Crippen LogP contribution in [0.4, 0.5) is 0 Å². The van der Waals surface area contributed by atoms with E-state index in [0.717, 1.165) is 0 Å². The van der Waals surface area contributed by atoms with Crippen LogP contribution < -0.4 is 0 Å². The monoisotopic (exact) mass is 85.0 g/mol. The Morgan fingerprint density at radius 3 is 1.25 bits per heavy atom. The molecule has 0 aliphatic rings. The fraction of sp³-hybridized carbons (Fsp3) is 1.00. The van der Waals surface area contributed by atoms with Crippen molar-refractivity contribution in [2.45, 2.75) is 0 Å². The molecule has 0 heterocycles. The van der Waals surface area contributed by atoms with Gasteiger partial charge in [-0.25, -0.2) is 0 Å². The van der Waals surface area contributed by atoms with Gasteiger partial charge in [0.1, 0.15) is 0 Å². The van der Waals surface area contributed by atoms with Crippen LogP contribution >= 0.6 is 0 Å². The molecule has 0 atom stereocenters. The van der Waals surface area contributed by atoms with Gasteiger partial charge < -0.3 is 4.74 Å². The predicted octanol–water partition coefficient (Wildman–Crippen LogP) is -0.118. The van der Waals surface area contributed by atoms with Gasteiger partial charge in [0.2, 0.25) is 0 Å². The van der Waals surface area contributed by atoms with Crippen molar-refractivity contribution < 1.29 is 4.74 Å². The number of ether oxygens (including phenoxy) is 1. The number of hydrogen-bond acceptors (Lipinski definition) is 1. The van der Waals surface area contributed by atoms with Gasteiger partial charge in [-0.2, -0.15) is 0 Å². The van der Waals surface area contributed by atoms with Crippen molar-refractivity contribution in [3.63, 3.8) is 0 Å². The Morgan fingerprint density at radius 1 is 1.25 bits per heavy atom. The predicted molar refractivity (Wildman–Crippen MR) is 18.7 cm³/mol. The van der Waals surface area contributed by atoms with E-state index in [1.165, 1.54) is 0 Å². The van der Waals surface area contributed by atoms with E-state index in [9.17, 15) is 0 Å². The van der Waals surface area contributed by atoms with Gasteiger partial charge in [0.05, 0.1) is 0 Å². The summed E-state index contributed by atoms with van der Waals surface area (Å²) in [4.78, 5) is 0. The minimum atomic E-state index is 0. The Kier molecular flexibility index (Phi) is 20.2. The number of rotatable bonds is 0. The van der Waals surface area contributed by atoms with E-state index in [4.69, 9.17) is 0 Å². The molecule has 0 saturated carbocycles. The molecule has 0 aliphatic heterocycles. The second kappa shape index (κ2) is 8.82. The standard InChI is InChI=1S/C2H6O.K/c1-3-2;/h1-2H3;. The Labute approximate surface area is 69.1 Å². The molecule has 0 aromatic carbocycles. The van der Waals surface area contributed by atoms with Gasteiger partial charge in [-0.3, -0.25) is 0 Å². The van der Waals surface area contributed by atoms with Gasteiger partial charge >= 0.3 is 0 Å². The third kappa shape index (κ3) is 9.51. The van der Waals surface area contributed by atoms with Crippen molar-refractivity contribution in [2.24, 2.45) is 0 Å². The molecular formula is C2H6KO. The average molecular weight is 85.2 g/mol. The van der Waals surface area contributed by atoms with Crippen molar-refractivity contribution in [1.29, 1.82) is 0 Å². The molecule has 0 fully saturated rings.